The van der Waals surface area contributed by atoms with Gasteiger partial charge in [0.1, 0.15) is 0 Å². The van der Waals surface area contributed by atoms with Gasteiger partial charge in [0.15, 0.2) is 0 Å². The van der Waals surface area contributed by atoms with Crippen molar-refractivity contribution < 1.29 is 0 Å². The molecule has 0 unspecified atom stereocenters. The van der Waals surface area contributed by atoms with Crippen LogP contribution in [-0.4, -0.2) is 11.4 Å². The monoisotopic (exact) mass is 408 g/mol. The number of hydrogen-bond acceptors (Lipinski definition) is 0. The molecular formula is C20H24Cl2Ge. The van der Waals surface area contributed by atoms with Gasteiger partial charge in [0.05, 0.1) is 0 Å². The van der Waals surface area contributed by atoms with Gasteiger partial charge in [-0.1, -0.05) is 0 Å². The molecule has 0 aliphatic carbocycles. The normalized spacial score (nSPS) is 16.2. The maximum atomic E-state index is 6.91. The zero-order valence-electron chi connectivity index (χ0n) is 14.7. The van der Waals surface area contributed by atoms with Crippen molar-refractivity contribution in [3.8, 4) is 11.1 Å². The predicted molar refractivity (Wildman–Crippen MR) is 106 cm³/mol. The van der Waals surface area contributed by atoms with Crippen molar-refractivity contribution in [2.45, 2.75) is 52.4 Å². The van der Waals surface area contributed by atoms with E-state index in [2.05, 4.69) is 77.9 Å². The van der Waals surface area contributed by atoms with Crippen LogP contribution in [0.3, 0.4) is 0 Å². The van der Waals surface area contributed by atoms with Crippen LogP contribution in [0.25, 0.3) is 11.1 Å². The topological polar surface area (TPSA) is 0 Å². The van der Waals surface area contributed by atoms with E-state index in [-0.39, 0.29) is 10.8 Å². The van der Waals surface area contributed by atoms with Gasteiger partial charge in [-0.05, 0) is 0 Å². The third-order valence-corrected chi connectivity index (χ3v) is 13.6. The second-order valence-corrected chi connectivity index (χ2v) is 20.2. The Bertz CT molecular complexity index is 712. The van der Waals surface area contributed by atoms with E-state index in [9.17, 15) is 0 Å². The van der Waals surface area contributed by atoms with Crippen LogP contribution in [0.15, 0.2) is 36.4 Å². The van der Waals surface area contributed by atoms with Gasteiger partial charge in [-0.2, -0.15) is 0 Å². The third-order valence-electron chi connectivity index (χ3n) is 4.74. The second kappa shape index (κ2) is 5.28. The number of halogens is 2. The molecule has 0 fully saturated rings. The maximum absolute atomic E-state index is 6.91. The van der Waals surface area contributed by atoms with Crippen LogP contribution in [-0.2, 0) is 10.8 Å². The van der Waals surface area contributed by atoms with Crippen molar-refractivity contribution in [1.29, 1.82) is 0 Å². The molecule has 3 rings (SSSR count). The average Bonchev–Trinajstić information content (AvgIpc) is 2.65. The summed E-state index contributed by atoms with van der Waals surface area (Å²) in [6, 6.07) is 13.3. The first-order valence-electron chi connectivity index (χ1n) is 8.10. The summed E-state index contributed by atoms with van der Waals surface area (Å²) in [5.41, 5.74) is 5.40. The Hall–Kier alpha value is -0.437. The Kier molecular flexibility index (Phi) is 3.99. The van der Waals surface area contributed by atoms with Gasteiger partial charge in [-0.3, -0.25) is 0 Å². The molecule has 122 valence electrons. The van der Waals surface area contributed by atoms with Crippen molar-refractivity contribution in [2.24, 2.45) is 0 Å². The van der Waals surface area contributed by atoms with E-state index in [0.29, 0.717) is 0 Å². The van der Waals surface area contributed by atoms with Crippen molar-refractivity contribution in [3.05, 3.63) is 47.5 Å². The molecule has 0 nitrogen and oxygen atoms in total. The van der Waals surface area contributed by atoms with E-state index in [4.69, 9.17) is 20.0 Å². The minimum absolute atomic E-state index is 0.119. The van der Waals surface area contributed by atoms with Gasteiger partial charge >= 0.3 is 151 Å². The molecule has 1 aliphatic rings. The Morgan fingerprint density at radius 3 is 1.30 bits per heavy atom. The Morgan fingerprint density at radius 1 is 0.652 bits per heavy atom. The first-order chi connectivity index (χ1) is 10.4. The standard InChI is InChI=1S/C20H24Cl2Ge/c1-19(2,3)13-7-9-17-15(11-13)16-12-14(20(4,5)6)8-10-18(16)23(17,21)22/h7-12H,1-6H3. The van der Waals surface area contributed by atoms with Gasteiger partial charge in [0, 0.05) is 0 Å². The SMILES string of the molecule is CC(C)(C)c1cc[c]2c(c1)-c1cc(C(C)(C)C)cc[c]1[Ge]2([Cl])[Cl]. The molecule has 1 heterocycles. The summed E-state index contributed by atoms with van der Waals surface area (Å²) < 4.78 is 2.37. The van der Waals surface area contributed by atoms with Gasteiger partial charge in [-0.15, -0.1) is 0 Å². The molecule has 0 bridgehead atoms. The molecule has 0 aromatic heterocycles. The molecule has 2 aromatic rings. The summed E-state index contributed by atoms with van der Waals surface area (Å²) >= 11 is -3.18. The minimum atomic E-state index is -3.18. The van der Waals surface area contributed by atoms with E-state index in [0.717, 1.165) is 0 Å². The van der Waals surface area contributed by atoms with Crippen molar-refractivity contribution in [3.63, 3.8) is 0 Å². The fraction of sp³-hybridized carbons (Fsp3) is 0.400. The molecule has 2 aromatic carbocycles. The molecule has 0 saturated carbocycles. The van der Waals surface area contributed by atoms with Gasteiger partial charge in [0.25, 0.3) is 0 Å². The molecule has 0 N–H and O–H groups in total. The van der Waals surface area contributed by atoms with E-state index < -0.39 is 11.4 Å². The first kappa shape index (κ1) is 17.4. The summed E-state index contributed by atoms with van der Waals surface area (Å²) in [6.45, 7) is 13.5. The summed E-state index contributed by atoms with van der Waals surface area (Å²) in [7, 11) is 13.8. The van der Waals surface area contributed by atoms with Crippen molar-refractivity contribution in [2.75, 3.05) is 0 Å². The zero-order chi connectivity index (χ0) is 17.2. The average molecular weight is 408 g/mol. The number of hydrogen-bond donors (Lipinski definition) is 0. The molecule has 0 spiro atoms. The van der Waals surface area contributed by atoms with Gasteiger partial charge < -0.3 is 0 Å². The second-order valence-electron chi connectivity index (χ2n) is 8.60. The Labute approximate surface area is 150 Å². The summed E-state index contributed by atoms with van der Waals surface area (Å²) in [6.07, 6.45) is 0. The molecule has 3 heteroatoms. The van der Waals surface area contributed by atoms with E-state index in [1.807, 2.05) is 0 Å². The van der Waals surface area contributed by atoms with Crippen LogP contribution in [0.1, 0.15) is 52.7 Å². The fourth-order valence-electron chi connectivity index (χ4n) is 3.16. The van der Waals surface area contributed by atoms with Gasteiger partial charge in [-0.25, -0.2) is 0 Å². The van der Waals surface area contributed by atoms with Crippen LogP contribution >= 0.6 is 20.0 Å². The summed E-state index contributed by atoms with van der Waals surface area (Å²) in [5, 5.41) is 0. The first-order valence-corrected chi connectivity index (χ1v) is 15.7. The summed E-state index contributed by atoms with van der Waals surface area (Å²) in [5.74, 6) is 0. The quantitative estimate of drug-likeness (QED) is 0.520. The zero-order valence-corrected chi connectivity index (χ0v) is 18.3. The van der Waals surface area contributed by atoms with Crippen molar-refractivity contribution in [1.82, 2.24) is 0 Å². The van der Waals surface area contributed by atoms with Crippen molar-refractivity contribution >= 4 is 40.2 Å². The predicted octanol–water partition coefficient (Wildman–Crippen LogP) is 5.30. The Balaban J connectivity index is 2.28. The van der Waals surface area contributed by atoms with Crippen LogP contribution in [0.5, 0.6) is 0 Å². The molecule has 0 atom stereocenters. The Morgan fingerprint density at radius 2 is 1.00 bits per heavy atom. The number of benzene rings is 2. The fourth-order valence-corrected chi connectivity index (χ4v) is 10.7. The number of fused-ring (bicyclic) bond motifs is 3. The van der Waals surface area contributed by atoms with E-state index in [1.165, 1.54) is 31.0 Å². The van der Waals surface area contributed by atoms with E-state index in [1.54, 1.807) is 0 Å². The molecule has 23 heavy (non-hydrogen) atoms. The van der Waals surface area contributed by atoms with E-state index >= 15 is 0 Å². The van der Waals surface area contributed by atoms with Gasteiger partial charge in [0.2, 0.25) is 0 Å². The molecular weight excluding hydrogens is 384 g/mol. The molecule has 0 saturated heterocycles. The molecule has 0 radical (unpaired) electrons. The van der Waals surface area contributed by atoms with Crippen LogP contribution in [0, 0.1) is 0 Å². The third kappa shape index (κ3) is 2.88. The number of rotatable bonds is 0. The summed E-state index contributed by atoms with van der Waals surface area (Å²) in [4.78, 5) is 0. The van der Waals surface area contributed by atoms with Crippen LogP contribution < -0.4 is 8.79 Å². The van der Waals surface area contributed by atoms with Crippen LogP contribution in [0.4, 0.5) is 0 Å². The van der Waals surface area contributed by atoms with Crippen LogP contribution in [0.2, 0.25) is 0 Å². The molecule has 0 amide bonds. The molecule has 1 aliphatic heterocycles.